The second-order valence-electron chi connectivity index (χ2n) is 4.47. The smallest absolute Gasteiger partial charge is 0.270 e. The summed E-state index contributed by atoms with van der Waals surface area (Å²) in [4.78, 5) is 14.5. The number of halogens is 2. The van der Waals surface area contributed by atoms with Crippen LogP contribution >= 0.6 is 31.9 Å². The Labute approximate surface area is 142 Å². The van der Waals surface area contributed by atoms with Gasteiger partial charge in [-0.3, -0.25) is 15.1 Å². The van der Waals surface area contributed by atoms with Gasteiger partial charge in [0.15, 0.2) is 0 Å². The monoisotopic (exact) mass is 428 g/mol. The van der Waals surface area contributed by atoms with Crippen LogP contribution in [0.2, 0.25) is 0 Å². The molecule has 0 radical (unpaired) electrons. The van der Waals surface area contributed by atoms with Crippen LogP contribution in [0.3, 0.4) is 0 Å². The summed E-state index contributed by atoms with van der Waals surface area (Å²) >= 11 is 6.54. The topological polar surface area (TPSA) is 96.0 Å². The van der Waals surface area contributed by atoms with Gasteiger partial charge in [-0.25, -0.2) is 0 Å². The van der Waals surface area contributed by atoms with Gasteiger partial charge in [-0.1, -0.05) is 0 Å². The van der Waals surface area contributed by atoms with E-state index in [0.717, 1.165) is 0 Å². The second-order valence-corrected chi connectivity index (χ2v) is 6.18. The lowest BCUT2D eigenvalue weighted by Crippen LogP contribution is -1.93. The summed E-state index contributed by atoms with van der Waals surface area (Å²) in [6, 6.07) is 5.47. The fourth-order valence-electron chi connectivity index (χ4n) is 1.80. The van der Waals surface area contributed by atoms with Gasteiger partial charge < -0.3 is 10.2 Å². The number of benzene rings is 2. The lowest BCUT2D eigenvalue weighted by Gasteiger charge is -2.05. The molecule has 0 unspecified atom stereocenters. The SMILES string of the molecule is Cc1cc([N+](=O)[O-])cc(C=Nc2c(Br)cc(O)cc2Br)c1O. The number of hydrogen-bond acceptors (Lipinski definition) is 5. The molecular formula is C14H10Br2N2O4. The van der Waals surface area contributed by atoms with E-state index in [1.54, 1.807) is 6.92 Å². The highest BCUT2D eigenvalue weighted by atomic mass is 79.9. The predicted octanol–water partition coefficient (Wildman–Crippen LogP) is 4.59. The molecule has 2 aromatic carbocycles. The van der Waals surface area contributed by atoms with Gasteiger partial charge in [0, 0.05) is 32.9 Å². The predicted molar refractivity (Wildman–Crippen MR) is 90.3 cm³/mol. The number of phenolic OH excluding ortho intramolecular Hbond substituents is 2. The highest BCUT2D eigenvalue weighted by molar-refractivity contribution is 9.11. The normalized spacial score (nSPS) is 11.0. The van der Waals surface area contributed by atoms with Gasteiger partial charge in [0.1, 0.15) is 11.5 Å². The van der Waals surface area contributed by atoms with Crippen LogP contribution in [0, 0.1) is 17.0 Å². The minimum Gasteiger partial charge on any atom is -0.508 e. The van der Waals surface area contributed by atoms with Gasteiger partial charge in [-0.15, -0.1) is 0 Å². The number of nitro benzene ring substituents is 1. The number of aliphatic imine (C=N–C) groups is 1. The van der Waals surface area contributed by atoms with E-state index in [9.17, 15) is 20.3 Å². The molecule has 0 spiro atoms. The van der Waals surface area contributed by atoms with Crippen LogP contribution in [0.15, 0.2) is 38.2 Å². The fraction of sp³-hybridized carbons (Fsp3) is 0.0714. The first-order valence-electron chi connectivity index (χ1n) is 5.99. The Balaban J connectivity index is 2.49. The third kappa shape index (κ3) is 3.45. The van der Waals surface area contributed by atoms with Crippen LogP contribution in [0.25, 0.3) is 0 Å². The van der Waals surface area contributed by atoms with E-state index in [1.165, 1.54) is 30.5 Å². The first kappa shape index (κ1) is 16.4. The summed E-state index contributed by atoms with van der Waals surface area (Å²) in [7, 11) is 0. The molecule has 114 valence electrons. The molecule has 0 aliphatic heterocycles. The molecule has 0 aliphatic carbocycles. The highest BCUT2D eigenvalue weighted by Gasteiger charge is 2.13. The molecule has 6 nitrogen and oxygen atoms in total. The third-order valence-corrected chi connectivity index (χ3v) is 4.07. The lowest BCUT2D eigenvalue weighted by molar-refractivity contribution is -0.384. The van der Waals surface area contributed by atoms with E-state index < -0.39 is 4.92 Å². The Morgan fingerprint density at radius 3 is 2.32 bits per heavy atom. The van der Waals surface area contributed by atoms with Crippen molar-refractivity contribution in [3.8, 4) is 11.5 Å². The first-order valence-corrected chi connectivity index (χ1v) is 7.58. The minimum absolute atomic E-state index is 0.0618. The van der Waals surface area contributed by atoms with Gasteiger partial charge in [-0.05, 0) is 56.5 Å². The van der Waals surface area contributed by atoms with Crippen molar-refractivity contribution in [2.45, 2.75) is 6.92 Å². The molecule has 0 heterocycles. The van der Waals surface area contributed by atoms with Crippen molar-refractivity contribution in [2.24, 2.45) is 4.99 Å². The van der Waals surface area contributed by atoms with Crippen LogP contribution < -0.4 is 0 Å². The van der Waals surface area contributed by atoms with Gasteiger partial charge in [-0.2, -0.15) is 0 Å². The molecule has 0 aromatic heterocycles. The molecule has 0 atom stereocenters. The van der Waals surface area contributed by atoms with E-state index in [1.807, 2.05) is 0 Å². The Morgan fingerprint density at radius 2 is 1.77 bits per heavy atom. The second kappa shape index (κ2) is 6.45. The number of phenols is 2. The molecule has 0 bridgehead atoms. The number of non-ortho nitro benzene ring substituents is 1. The van der Waals surface area contributed by atoms with Crippen molar-refractivity contribution in [1.29, 1.82) is 0 Å². The molecule has 2 rings (SSSR count). The van der Waals surface area contributed by atoms with Crippen molar-refractivity contribution in [1.82, 2.24) is 0 Å². The maximum absolute atomic E-state index is 10.9. The zero-order valence-electron chi connectivity index (χ0n) is 11.2. The number of aryl methyl sites for hydroxylation is 1. The van der Waals surface area contributed by atoms with Gasteiger partial charge >= 0.3 is 0 Å². The minimum atomic E-state index is -0.532. The summed E-state index contributed by atoms with van der Waals surface area (Å²) in [6.07, 6.45) is 1.33. The third-order valence-electron chi connectivity index (χ3n) is 2.86. The van der Waals surface area contributed by atoms with E-state index >= 15 is 0 Å². The van der Waals surface area contributed by atoms with E-state index in [0.29, 0.717) is 20.2 Å². The molecule has 2 N–H and O–H groups in total. The molecule has 0 saturated carbocycles. The van der Waals surface area contributed by atoms with Gasteiger partial charge in [0.2, 0.25) is 0 Å². The van der Waals surface area contributed by atoms with Crippen molar-refractivity contribution < 1.29 is 15.1 Å². The lowest BCUT2D eigenvalue weighted by atomic mass is 10.1. The molecule has 0 fully saturated rings. The molecule has 22 heavy (non-hydrogen) atoms. The molecule has 0 amide bonds. The zero-order chi connectivity index (χ0) is 16.4. The van der Waals surface area contributed by atoms with Crippen LogP contribution in [0.5, 0.6) is 11.5 Å². The fourth-order valence-corrected chi connectivity index (χ4v) is 3.17. The van der Waals surface area contributed by atoms with Crippen LogP contribution in [-0.2, 0) is 0 Å². The quantitative estimate of drug-likeness (QED) is 0.423. The van der Waals surface area contributed by atoms with Crippen LogP contribution in [0.1, 0.15) is 11.1 Å². The number of nitro groups is 1. The highest BCUT2D eigenvalue weighted by Crippen LogP contribution is 2.37. The van der Waals surface area contributed by atoms with Gasteiger partial charge in [0.05, 0.1) is 10.6 Å². The maximum Gasteiger partial charge on any atom is 0.270 e. The Kier molecular flexibility index (Phi) is 4.82. The summed E-state index contributed by atoms with van der Waals surface area (Å²) in [5.74, 6) is -0.00730. The molecule has 0 aliphatic rings. The summed E-state index contributed by atoms with van der Waals surface area (Å²) in [6.45, 7) is 1.58. The van der Waals surface area contributed by atoms with E-state index in [-0.39, 0.29) is 22.7 Å². The number of aromatic hydroxyl groups is 2. The molecule has 2 aromatic rings. The Bertz CT molecular complexity index is 768. The van der Waals surface area contributed by atoms with Gasteiger partial charge in [0.25, 0.3) is 5.69 Å². The van der Waals surface area contributed by atoms with E-state index in [2.05, 4.69) is 36.9 Å². The van der Waals surface area contributed by atoms with E-state index in [4.69, 9.17) is 0 Å². The average Bonchev–Trinajstić information content (AvgIpc) is 2.41. The zero-order valence-corrected chi connectivity index (χ0v) is 14.4. The molecule has 0 saturated heterocycles. The average molecular weight is 430 g/mol. The summed E-state index contributed by atoms with van der Waals surface area (Å²) in [5.41, 5.74) is 0.986. The van der Waals surface area contributed by atoms with Crippen LogP contribution in [-0.4, -0.2) is 21.4 Å². The van der Waals surface area contributed by atoms with Crippen molar-refractivity contribution in [3.05, 3.63) is 54.5 Å². The Hall–Kier alpha value is -1.93. The maximum atomic E-state index is 10.9. The van der Waals surface area contributed by atoms with Crippen molar-refractivity contribution in [2.75, 3.05) is 0 Å². The van der Waals surface area contributed by atoms with Crippen molar-refractivity contribution >= 4 is 49.4 Å². The van der Waals surface area contributed by atoms with Crippen LogP contribution in [0.4, 0.5) is 11.4 Å². The van der Waals surface area contributed by atoms with Crippen molar-refractivity contribution in [3.63, 3.8) is 0 Å². The number of nitrogens with zero attached hydrogens (tertiary/aromatic N) is 2. The Morgan fingerprint density at radius 1 is 1.18 bits per heavy atom. The number of rotatable bonds is 3. The molecular weight excluding hydrogens is 420 g/mol. The molecule has 8 heteroatoms. The number of hydrogen-bond donors (Lipinski definition) is 2. The summed E-state index contributed by atoms with van der Waals surface area (Å²) < 4.78 is 1.08. The standard InChI is InChI=1S/C14H10Br2N2O4/c1-7-2-9(18(21)22)3-8(14(7)20)6-17-13-11(15)4-10(19)5-12(13)16/h2-6,19-20H,1H3. The largest absolute Gasteiger partial charge is 0.508 e. The first-order chi connectivity index (χ1) is 10.3. The summed E-state index contributed by atoms with van der Waals surface area (Å²) in [5, 5.41) is 30.3.